The molecule has 2 rings (SSSR count). The first-order valence-corrected chi connectivity index (χ1v) is 9.03. The first-order valence-electron chi connectivity index (χ1n) is 7.55. The Labute approximate surface area is 153 Å². The fourth-order valence-corrected chi connectivity index (χ4v) is 3.36. The van der Waals surface area contributed by atoms with Crippen LogP contribution in [0.3, 0.4) is 0 Å². The quantitative estimate of drug-likeness (QED) is 0.791. The fraction of sp³-hybridized carbons (Fsp3) is 0.235. The maximum absolute atomic E-state index is 13.4. The van der Waals surface area contributed by atoms with Crippen LogP contribution in [0.2, 0.25) is 0 Å². The SMILES string of the molecule is Cc1ccc(C(=O)N(C)C)cc1NS(=O)(=O)c1ccc(F)c(C(F)(F)F)c1. The van der Waals surface area contributed by atoms with E-state index < -0.39 is 32.5 Å². The summed E-state index contributed by atoms with van der Waals surface area (Å²) in [6, 6.07) is 5.67. The standard InChI is InChI=1S/C17H16F4N2O3S/c1-10-4-5-11(16(24)23(2)3)8-15(10)22-27(25,26)12-6-7-14(18)13(9-12)17(19,20)21/h4-9,22H,1-3H3. The molecule has 0 unspecified atom stereocenters. The molecule has 1 N–H and O–H groups in total. The molecule has 0 spiro atoms. The van der Waals surface area contributed by atoms with Gasteiger partial charge in [0, 0.05) is 19.7 Å². The molecule has 1 amide bonds. The summed E-state index contributed by atoms with van der Waals surface area (Å²) in [5.41, 5.74) is -1.01. The molecule has 0 radical (unpaired) electrons. The molecule has 10 heteroatoms. The van der Waals surface area contributed by atoms with Crippen LogP contribution >= 0.6 is 0 Å². The lowest BCUT2D eigenvalue weighted by molar-refractivity contribution is -0.140. The minimum atomic E-state index is -5.04. The van der Waals surface area contributed by atoms with Crippen LogP contribution < -0.4 is 4.72 Å². The van der Waals surface area contributed by atoms with E-state index >= 15 is 0 Å². The third-order valence-electron chi connectivity index (χ3n) is 3.69. The molecule has 0 aliphatic rings. The van der Waals surface area contributed by atoms with E-state index in [9.17, 15) is 30.8 Å². The van der Waals surface area contributed by atoms with E-state index in [1.807, 2.05) is 0 Å². The number of rotatable bonds is 4. The molecule has 0 bridgehead atoms. The predicted molar refractivity (Wildman–Crippen MR) is 91.4 cm³/mol. The molecule has 0 aromatic heterocycles. The Balaban J connectivity index is 2.46. The maximum Gasteiger partial charge on any atom is 0.419 e. The Kier molecular flexibility index (Phi) is 5.50. The van der Waals surface area contributed by atoms with E-state index in [4.69, 9.17) is 0 Å². The molecule has 0 aliphatic heterocycles. The number of anilines is 1. The van der Waals surface area contributed by atoms with Crippen LogP contribution in [0.25, 0.3) is 0 Å². The van der Waals surface area contributed by atoms with Gasteiger partial charge in [-0.3, -0.25) is 9.52 Å². The molecule has 27 heavy (non-hydrogen) atoms. The van der Waals surface area contributed by atoms with Gasteiger partial charge in [0.25, 0.3) is 15.9 Å². The van der Waals surface area contributed by atoms with Crippen LogP contribution in [-0.4, -0.2) is 33.3 Å². The number of halogens is 4. The van der Waals surface area contributed by atoms with Gasteiger partial charge in [-0.05, 0) is 42.8 Å². The number of nitrogens with one attached hydrogen (secondary N) is 1. The van der Waals surface area contributed by atoms with Crippen molar-refractivity contribution in [2.24, 2.45) is 0 Å². The van der Waals surface area contributed by atoms with Gasteiger partial charge in [-0.2, -0.15) is 13.2 Å². The zero-order valence-electron chi connectivity index (χ0n) is 14.6. The van der Waals surface area contributed by atoms with Crippen molar-refractivity contribution < 1.29 is 30.8 Å². The number of alkyl halides is 3. The van der Waals surface area contributed by atoms with E-state index in [1.54, 1.807) is 6.92 Å². The summed E-state index contributed by atoms with van der Waals surface area (Å²) < 4.78 is 78.9. The summed E-state index contributed by atoms with van der Waals surface area (Å²) in [4.78, 5) is 12.6. The molecule has 0 heterocycles. The van der Waals surface area contributed by atoms with Crippen molar-refractivity contribution in [1.82, 2.24) is 4.90 Å². The van der Waals surface area contributed by atoms with Gasteiger partial charge in [0.15, 0.2) is 0 Å². The fourth-order valence-electron chi connectivity index (χ4n) is 2.22. The lowest BCUT2D eigenvalue weighted by atomic mass is 10.1. The molecule has 0 saturated carbocycles. The molecular formula is C17H16F4N2O3S. The first-order chi connectivity index (χ1) is 12.3. The van der Waals surface area contributed by atoms with Gasteiger partial charge in [0.2, 0.25) is 0 Å². The average Bonchev–Trinajstić information content (AvgIpc) is 2.55. The number of aryl methyl sites for hydroxylation is 1. The molecule has 146 valence electrons. The second-order valence-corrected chi connectivity index (χ2v) is 7.66. The third kappa shape index (κ3) is 4.57. The van der Waals surface area contributed by atoms with Gasteiger partial charge in [0.05, 0.1) is 16.1 Å². The van der Waals surface area contributed by atoms with Crippen molar-refractivity contribution in [3.05, 3.63) is 58.9 Å². The second-order valence-electron chi connectivity index (χ2n) is 5.97. The monoisotopic (exact) mass is 404 g/mol. The van der Waals surface area contributed by atoms with Crippen LogP contribution in [0.4, 0.5) is 23.2 Å². The Bertz CT molecular complexity index is 986. The molecule has 0 saturated heterocycles. The van der Waals surface area contributed by atoms with Gasteiger partial charge >= 0.3 is 6.18 Å². The van der Waals surface area contributed by atoms with Crippen molar-refractivity contribution in [1.29, 1.82) is 0 Å². The Morgan fingerprint density at radius 3 is 2.26 bits per heavy atom. The van der Waals surface area contributed by atoms with Crippen molar-refractivity contribution in [3.63, 3.8) is 0 Å². The molecule has 2 aromatic rings. The van der Waals surface area contributed by atoms with Crippen LogP contribution in [0.15, 0.2) is 41.3 Å². The number of benzene rings is 2. The number of sulfonamides is 1. The maximum atomic E-state index is 13.4. The van der Waals surface area contributed by atoms with Crippen molar-refractivity contribution >= 4 is 21.6 Å². The summed E-state index contributed by atoms with van der Waals surface area (Å²) in [7, 11) is -1.41. The molecule has 0 fully saturated rings. The first kappa shape index (κ1) is 20.7. The lowest BCUT2D eigenvalue weighted by Crippen LogP contribution is -2.22. The van der Waals surface area contributed by atoms with Crippen molar-refractivity contribution in [2.75, 3.05) is 18.8 Å². The Morgan fingerprint density at radius 1 is 1.07 bits per heavy atom. The normalized spacial score (nSPS) is 12.0. The van der Waals surface area contributed by atoms with Crippen LogP contribution in [0.1, 0.15) is 21.5 Å². The van der Waals surface area contributed by atoms with Crippen LogP contribution in [0.5, 0.6) is 0 Å². The largest absolute Gasteiger partial charge is 0.419 e. The highest BCUT2D eigenvalue weighted by atomic mass is 32.2. The molecule has 5 nitrogen and oxygen atoms in total. The van der Waals surface area contributed by atoms with E-state index in [0.29, 0.717) is 11.6 Å². The summed E-state index contributed by atoms with van der Waals surface area (Å²) in [6.07, 6.45) is -5.04. The lowest BCUT2D eigenvalue weighted by Gasteiger charge is -2.15. The highest BCUT2D eigenvalue weighted by molar-refractivity contribution is 7.92. The molecule has 0 aliphatic carbocycles. The zero-order valence-corrected chi connectivity index (χ0v) is 15.4. The number of carbonyl (C=O) groups excluding carboxylic acids is 1. The van der Waals surface area contributed by atoms with E-state index in [-0.39, 0.29) is 23.2 Å². The van der Waals surface area contributed by atoms with Gasteiger partial charge < -0.3 is 4.90 Å². The van der Waals surface area contributed by atoms with Gasteiger partial charge in [0.1, 0.15) is 5.82 Å². The topological polar surface area (TPSA) is 66.5 Å². The van der Waals surface area contributed by atoms with Gasteiger partial charge in [-0.1, -0.05) is 6.07 Å². The third-order valence-corrected chi connectivity index (χ3v) is 5.05. The number of nitrogens with zero attached hydrogens (tertiary/aromatic N) is 1. The van der Waals surface area contributed by atoms with Crippen LogP contribution in [-0.2, 0) is 16.2 Å². The smallest absolute Gasteiger partial charge is 0.345 e. The van der Waals surface area contributed by atoms with Gasteiger partial charge in [-0.25, -0.2) is 12.8 Å². The second kappa shape index (κ2) is 7.18. The van der Waals surface area contributed by atoms with E-state index in [2.05, 4.69) is 4.72 Å². The number of amides is 1. The molecule has 2 aromatic carbocycles. The Hall–Kier alpha value is -2.62. The summed E-state index contributed by atoms with van der Waals surface area (Å²) >= 11 is 0. The van der Waals surface area contributed by atoms with E-state index in [0.717, 1.165) is 6.07 Å². The minimum Gasteiger partial charge on any atom is -0.345 e. The predicted octanol–water partition coefficient (Wildman–Crippen LogP) is 3.66. The highest BCUT2D eigenvalue weighted by Crippen LogP contribution is 2.33. The van der Waals surface area contributed by atoms with Crippen molar-refractivity contribution in [3.8, 4) is 0 Å². The van der Waals surface area contributed by atoms with Crippen LogP contribution in [0, 0.1) is 12.7 Å². The summed E-state index contributed by atoms with van der Waals surface area (Å²) in [5.74, 6) is -1.95. The Morgan fingerprint density at radius 2 is 1.70 bits per heavy atom. The summed E-state index contributed by atoms with van der Waals surface area (Å²) in [5, 5.41) is 0. The molecular weight excluding hydrogens is 388 g/mol. The van der Waals surface area contributed by atoms with Gasteiger partial charge in [-0.15, -0.1) is 0 Å². The molecule has 0 atom stereocenters. The average molecular weight is 404 g/mol. The summed E-state index contributed by atoms with van der Waals surface area (Å²) in [6.45, 7) is 1.56. The van der Waals surface area contributed by atoms with E-state index in [1.165, 1.54) is 37.2 Å². The number of hydrogen-bond donors (Lipinski definition) is 1. The highest BCUT2D eigenvalue weighted by Gasteiger charge is 2.35. The number of carbonyl (C=O) groups is 1. The number of hydrogen-bond acceptors (Lipinski definition) is 3. The van der Waals surface area contributed by atoms with Crippen molar-refractivity contribution in [2.45, 2.75) is 18.0 Å². The zero-order chi connectivity index (χ0) is 20.6. The minimum absolute atomic E-state index is 0.0283.